The summed E-state index contributed by atoms with van der Waals surface area (Å²) in [4.78, 5) is 1.61. The molecule has 0 radical (unpaired) electrons. The molecule has 2 aromatic carbocycles. The van der Waals surface area contributed by atoms with Crippen molar-refractivity contribution in [2.75, 3.05) is 11.5 Å². The molecular weight excluding hydrogens is 288 g/mol. The molecule has 1 nitrogen and oxygen atoms in total. The van der Waals surface area contributed by atoms with Gasteiger partial charge in [-0.2, -0.15) is 0 Å². The normalized spacial score (nSPS) is 21.4. The van der Waals surface area contributed by atoms with Crippen LogP contribution in [-0.2, 0) is 0 Å². The van der Waals surface area contributed by atoms with Crippen molar-refractivity contribution in [3.63, 3.8) is 0 Å². The average molecular weight is 314 g/mol. The first-order valence-corrected chi connectivity index (χ1v) is 10.6. The van der Waals surface area contributed by atoms with Crippen LogP contribution in [0.2, 0.25) is 0 Å². The number of hydrogen-bond acceptors (Lipinski definition) is 1. The molecule has 0 atom stereocenters. The van der Waals surface area contributed by atoms with Gasteiger partial charge in [-0.15, -0.1) is 0 Å². The Labute approximate surface area is 136 Å². The highest BCUT2D eigenvalue weighted by Crippen LogP contribution is 2.47. The van der Waals surface area contributed by atoms with Crippen LogP contribution in [0.4, 0.5) is 0 Å². The van der Waals surface area contributed by atoms with Crippen LogP contribution in [0.3, 0.4) is 0 Å². The lowest BCUT2D eigenvalue weighted by molar-refractivity contribution is 0.157. The third kappa shape index (κ3) is 2.86. The zero-order chi connectivity index (χ0) is 14.8. The van der Waals surface area contributed by atoms with Crippen molar-refractivity contribution >= 4 is 21.7 Å². The predicted molar refractivity (Wildman–Crippen MR) is 97.7 cm³/mol. The van der Waals surface area contributed by atoms with Crippen LogP contribution in [0.1, 0.15) is 44.9 Å². The second kappa shape index (κ2) is 6.54. The van der Waals surface area contributed by atoms with Gasteiger partial charge in [-0.05, 0) is 72.4 Å². The van der Waals surface area contributed by atoms with Gasteiger partial charge in [0.1, 0.15) is 5.75 Å². The molecule has 2 heteroatoms. The van der Waals surface area contributed by atoms with Crippen molar-refractivity contribution in [1.29, 1.82) is 0 Å². The Hall–Kier alpha value is -1.15. The molecule has 1 heterocycles. The minimum atomic E-state index is 0.0725. The second-order valence-corrected chi connectivity index (χ2v) is 9.16. The molecule has 22 heavy (non-hydrogen) atoms. The third-order valence-corrected chi connectivity index (χ3v) is 7.94. The summed E-state index contributed by atoms with van der Waals surface area (Å²) < 4.78 is 6.39. The first-order valence-electron chi connectivity index (χ1n) is 8.85. The van der Waals surface area contributed by atoms with Crippen molar-refractivity contribution in [2.24, 2.45) is 0 Å². The maximum atomic E-state index is 6.39. The van der Waals surface area contributed by atoms with Gasteiger partial charge in [0.25, 0.3) is 0 Å². The molecule has 0 spiro atoms. The summed E-state index contributed by atoms with van der Waals surface area (Å²) in [6.07, 6.45) is 9.74. The maximum Gasteiger partial charge on any atom is 0.127 e. The number of thiol groups is 1. The van der Waals surface area contributed by atoms with Gasteiger partial charge in [0.05, 0.1) is 6.10 Å². The molecule has 0 bridgehead atoms. The largest absolute Gasteiger partial charge is 0.490 e. The van der Waals surface area contributed by atoms with Crippen LogP contribution in [0.15, 0.2) is 41.3 Å². The Morgan fingerprint density at radius 1 is 0.773 bits per heavy atom. The third-order valence-electron chi connectivity index (χ3n) is 5.15. The molecular formula is C20H26OS. The summed E-state index contributed by atoms with van der Waals surface area (Å²) in [6, 6.07) is 13.5. The fraction of sp³-hybridized carbons (Fsp3) is 0.500. The smallest absolute Gasteiger partial charge is 0.127 e. The topological polar surface area (TPSA) is 9.23 Å². The molecule has 1 aliphatic carbocycles. The van der Waals surface area contributed by atoms with E-state index in [1.54, 1.807) is 4.90 Å². The van der Waals surface area contributed by atoms with E-state index in [4.69, 9.17) is 4.74 Å². The Morgan fingerprint density at radius 3 is 2.27 bits per heavy atom. The van der Waals surface area contributed by atoms with Crippen LogP contribution in [-0.4, -0.2) is 17.6 Å². The van der Waals surface area contributed by atoms with Crippen molar-refractivity contribution in [3.8, 4) is 5.75 Å². The average Bonchev–Trinajstić information content (AvgIpc) is 3.10. The SMILES string of the molecule is c1ccc2c([SH]3CCCC3)ccc(OC3CCCCC3)c2c1. The highest BCUT2D eigenvalue weighted by molar-refractivity contribution is 8.17. The quantitative estimate of drug-likeness (QED) is 0.714. The van der Waals surface area contributed by atoms with Gasteiger partial charge in [0.15, 0.2) is 0 Å². The van der Waals surface area contributed by atoms with Crippen molar-refractivity contribution in [3.05, 3.63) is 36.4 Å². The molecule has 0 N–H and O–H groups in total. The summed E-state index contributed by atoms with van der Waals surface area (Å²) in [5.41, 5.74) is 0. The lowest BCUT2D eigenvalue weighted by atomic mass is 9.97. The summed E-state index contributed by atoms with van der Waals surface area (Å²) >= 11 is 0. The van der Waals surface area contributed by atoms with E-state index in [9.17, 15) is 0 Å². The van der Waals surface area contributed by atoms with E-state index in [2.05, 4.69) is 36.4 Å². The molecule has 0 unspecified atom stereocenters. The number of ether oxygens (including phenoxy) is 1. The van der Waals surface area contributed by atoms with E-state index in [-0.39, 0.29) is 10.9 Å². The van der Waals surface area contributed by atoms with Crippen LogP contribution in [0.5, 0.6) is 5.75 Å². The van der Waals surface area contributed by atoms with E-state index in [1.807, 2.05) is 0 Å². The fourth-order valence-corrected chi connectivity index (χ4v) is 6.69. The van der Waals surface area contributed by atoms with E-state index < -0.39 is 0 Å². The first-order chi connectivity index (χ1) is 10.9. The molecule has 2 fully saturated rings. The lowest BCUT2D eigenvalue weighted by Crippen LogP contribution is -2.19. The fourth-order valence-electron chi connectivity index (χ4n) is 3.95. The molecule has 4 rings (SSSR count). The lowest BCUT2D eigenvalue weighted by Gasteiger charge is -2.25. The predicted octanol–water partition coefficient (Wildman–Crippen LogP) is 5.71. The van der Waals surface area contributed by atoms with Gasteiger partial charge in [-0.1, -0.05) is 30.7 Å². The standard InChI is InChI=1S/C20H26OS/c1-2-8-16(9-3-1)21-19-12-13-20(22-14-6-7-15-22)18-11-5-4-10-17(18)19/h4-5,10-13,16,22H,1-3,6-9,14-15H2. The molecule has 2 aliphatic rings. The molecule has 1 saturated heterocycles. The van der Waals surface area contributed by atoms with Crippen LogP contribution in [0.25, 0.3) is 10.8 Å². The van der Waals surface area contributed by atoms with Crippen molar-refractivity contribution in [2.45, 2.75) is 55.9 Å². The Kier molecular flexibility index (Phi) is 4.29. The number of benzene rings is 2. The minimum Gasteiger partial charge on any atom is -0.490 e. The molecule has 0 aromatic heterocycles. The Bertz CT molecular complexity index is 639. The molecule has 1 aliphatic heterocycles. The number of hydrogen-bond donors (Lipinski definition) is 1. The molecule has 2 aromatic rings. The van der Waals surface area contributed by atoms with Gasteiger partial charge in [-0.3, -0.25) is 0 Å². The summed E-state index contributed by atoms with van der Waals surface area (Å²) in [5, 5.41) is 2.78. The zero-order valence-corrected chi connectivity index (χ0v) is 14.2. The first kappa shape index (κ1) is 14.4. The van der Waals surface area contributed by atoms with Gasteiger partial charge >= 0.3 is 0 Å². The van der Waals surface area contributed by atoms with E-state index in [0.717, 1.165) is 5.75 Å². The molecule has 0 amide bonds. The van der Waals surface area contributed by atoms with Crippen molar-refractivity contribution < 1.29 is 4.74 Å². The highest BCUT2D eigenvalue weighted by atomic mass is 32.2. The second-order valence-electron chi connectivity index (χ2n) is 6.70. The minimum absolute atomic E-state index is 0.0725. The molecule has 118 valence electrons. The van der Waals surface area contributed by atoms with Crippen LogP contribution in [0, 0.1) is 0 Å². The van der Waals surface area contributed by atoms with Gasteiger partial charge in [-0.25, -0.2) is 10.9 Å². The van der Waals surface area contributed by atoms with Gasteiger partial charge in [0.2, 0.25) is 0 Å². The molecule has 1 saturated carbocycles. The Balaban J connectivity index is 1.69. The van der Waals surface area contributed by atoms with Crippen molar-refractivity contribution in [1.82, 2.24) is 0 Å². The summed E-state index contributed by atoms with van der Waals surface area (Å²) in [6.45, 7) is 0. The zero-order valence-electron chi connectivity index (χ0n) is 13.3. The maximum absolute atomic E-state index is 6.39. The highest BCUT2D eigenvalue weighted by Gasteiger charge is 2.19. The number of fused-ring (bicyclic) bond motifs is 1. The van der Waals surface area contributed by atoms with Gasteiger partial charge in [0, 0.05) is 5.39 Å². The summed E-state index contributed by atoms with van der Waals surface area (Å²) in [5.74, 6) is 3.95. The van der Waals surface area contributed by atoms with Crippen LogP contribution >= 0.6 is 10.9 Å². The number of rotatable bonds is 3. The van der Waals surface area contributed by atoms with Crippen LogP contribution < -0.4 is 4.74 Å². The van der Waals surface area contributed by atoms with E-state index >= 15 is 0 Å². The summed E-state index contributed by atoms with van der Waals surface area (Å²) in [7, 11) is 0.0725. The van der Waals surface area contributed by atoms with E-state index in [1.165, 1.54) is 67.2 Å². The monoisotopic (exact) mass is 314 g/mol. The van der Waals surface area contributed by atoms with E-state index in [0.29, 0.717) is 6.10 Å². The Morgan fingerprint density at radius 2 is 1.50 bits per heavy atom. The van der Waals surface area contributed by atoms with Gasteiger partial charge < -0.3 is 4.74 Å².